The summed E-state index contributed by atoms with van der Waals surface area (Å²) in [6.45, 7) is 2.24. The first-order valence-corrected chi connectivity index (χ1v) is 5.45. The quantitative estimate of drug-likeness (QED) is 0.755. The molecule has 0 radical (unpaired) electrons. The standard InChI is InChI=1S/C10H14N4S/c1-6-4-7(5-6)13-10-8(9(11)15)2-3-12-14-10/h2-3,6-7H,4-5H2,1H3,(H2,11,15)(H,13,14). The number of anilines is 1. The van der Waals surface area contributed by atoms with Crippen molar-refractivity contribution in [1.82, 2.24) is 10.2 Å². The van der Waals surface area contributed by atoms with Crippen LogP contribution < -0.4 is 11.1 Å². The van der Waals surface area contributed by atoms with E-state index in [2.05, 4.69) is 22.4 Å². The molecule has 1 fully saturated rings. The van der Waals surface area contributed by atoms with Gasteiger partial charge in [-0.25, -0.2) is 0 Å². The van der Waals surface area contributed by atoms with Crippen LogP contribution in [-0.4, -0.2) is 21.2 Å². The largest absolute Gasteiger partial charge is 0.389 e. The lowest BCUT2D eigenvalue weighted by molar-refractivity contribution is 0.308. The Kier molecular flexibility index (Phi) is 2.81. The number of nitrogens with one attached hydrogen (secondary N) is 1. The second-order valence-corrected chi connectivity index (χ2v) is 4.52. The van der Waals surface area contributed by atoms with Gasteiger partial charge in [-0.05, 0) is 24.8 Å². The molecule has 4 nitrogen and oxygen atoms in total. The Bertz CT molecular complexity index is 373. The maximum absolute atomic E-state index is 5.60. The molecule has 0 aliphatic heterocycles. The van der Waals surface area contributed by atoms with Crippen molar-refractivity contribution in [3.05, 3.63) is 17.8 Å². The average Bonchev–Trinajstić information content (AvgIpc) is 2.16. The highest BCUT2D eigenvalue weighted by molar-refractivity contribution is 7.80. The summed E-state index contributed by atoms with van der Waals surface area (Å²) in [6.07, 6.45) is 3.95. The SMILES string of the molecule is CC1CC(Nc2nnccc2C(N)=S)C1. The van der Waals surface area contributed by atoms with Crippen molar-refractivity contribution < 1.29 is 0 Å². The summed E-state index contributed by atoms with van der Waals surface area (Å²) in [5.74, 6) is 1.51. The average molecular weight is 222 g/mol. The maximum Gasteiger partial charge on any atom is 0.159 e. The van der Waals surface area contributed by atoms with Crippen molar-refractivity contribution in [3.63, 3.8) is 0 Å². The van der Waals surface area contributed by atoms with E-state index in [0.29, 0.717) is 16.8 Å². The van der Waals surface area contributed by atoms with Crippen LogP contribution in [0.3, 0.4) is 0 Å². The van der Waals surface area contributed by atoms with Crippen LogP contribution in [-0.2, 0) is 0 Å². The first-order valence-electron chi connectivity index (χ1n) is 5.05. The van der Waals surface area contributed by atoms with E-state index in [1.165, 1.54) is 12.8 Å². The highest BCUT2D eigenvalue weighted by atomic mass is 32.1. The minimum atomic E-state index is 0.361. The van der Waals surface area contributed by atoms with E-state index in [1.807, 2.05) is 0 Å². The molecule has 0 bridgehead atoms. The molecule has 0 atom stereocenters. The Hall–Kier alpha value is -1.23. The predicted octanol–water partition coefficient (Wildman–Crippen LogP) is 1.32. The molecular weight excluding hydrogens is 208 g/mol. The second-order valence-electron chi connectivity index (χ2n) is 4.08. The lowest BCUT2D eigenvalue weighted by Crippen LogP contribution is -2.35. The number of nitrogens with zero attached hydrogens (tertiary/aromatic N) is 2. The van der Waals surface area contributed by atoms with E-state index >= 15 is 0 Å². The van der Waals surface area contributed by atoms with E-state index in [0.717, 1.165) is 11.5 Å². The third kappa shape index (κ3) is 2.23. The van der Waals surface area contributed by atoms with Crippen molar-refractivity contribution in [2.45, 2.75) is 25.8 Å². The van der Waals surface area contributed by atoms with E-state index in [-0.39, 0.29) is 0 Å². The summed E-state index contributed by atoms with van der Waals surface area (Å²) in [5, 5.41) is 11.2. The summed E-state index contributed by atoms with van der Waals surface area (Å²) < 4.78 is 0. The van der Waals surface area contributed by atoms with Crippen LogP contribution in [0.5, 0.6) is 0 Å². The van der Waals surface area contributed by atoms with E-state index in [1.54, 1.807) is 12.3 Å². The molecule has 2 rings (SSSR count). The summed E-state index contributed by atoms with van der Waals surface area (Å²) in [5.41, 5.74) is 6.38. The Labute approximate surface area is 94.3 Å². The first kappa shape index (κ1) is 10.3. The molecule has 0 unspecified atom stereocenters. The molecule has 15 heavy (non-hydrogen) atoms. The molecule has 1 aromatic rings. The van der Waals surface area contributed by atoms with Gasteiger partial charge >= 0.3 is 0 Å². The Morgan fingerprint density at radius 2 is 2.33 bits per heavy atom. The van der Waals surface area contributed by atoms with Gasteiger partial charge in [0.05, 0.1) is 11.8 Å². The zero-order valence-corrected chi connectivity index (χ0v) is 9.42. The Balaban J connectivity index is 2.10. The predicted molar refractivity (Wildman–Crippen MR) is 63.7 cm³/mol. The number of aromatic nitrogens is 2. The van der Waals surface area contributed by atoms with E-state index in [4.69, 9.17) is 18.0 Å². The van der Waals surface area contributed by atoms with Gasteiger partial charge in [-0.1, -0.05) is 19.1 Å². The molecule has 1 heterocycles. The van der Waals surface area contributed by atoms with E-state index in [9.17, 15) is 0 Å². The number of rotatable bonds is 3. The van der Waals surface area contributed by atoms with Gasteiger partial charge < -0.3 is 11.1 Å². The van der Waals surface area contributed by atoms with Gasteiger partial charge in [-0.15, -0.1) is 5.10 Å². The first-order chi connectivity index (χ1) is 7.16. The topological polar surface area (TPSA) is 63.8 Å². The van der Waals surface area contributed by atoms with E-state index < -0.39 is 0 Å². The van der Waals surface area contributed by atoms with Crippen LogP contribution in [0.15, 0.2) is 12.3 Å². The van der Waals surface area contributed by atoms with Gasteiger partial charge in [0, 0.05) is 6.04 Å². The number of nitrogens with two attached hydrogens (primary N) is 1. The van der Waals surface area contributed by atoms with Crippen LogP contribution in [0.25, 0.3) is 0 Å². The third-order valence-electron chi connectivity index (χ3n) is 2.70. The van der Waals surface area contributed by atoms with Crippen molar-refractivity contribution >= 4 is 23.0 Å². The smallest absolute Gasteiger partial charge is 0.159 e. The Morgan fingerprint density at radius 1 is 1.60 bits per heavy atom. The minimum Gasteiger partial charge on any atom is -0.389 e. The van der Waals surface area contributed by atoms with Crippen LogP contribution in [0.2, 0.25) is 0 Å². The molecule has 0 saturated heterocycles. The lowest BCUT2D eigenvalue weighted by atomic mass is 9.82. The van der Waals surface area contributed by atoms with Crippen molar-refractivity contribution in [1.29, 1.82) is 0 Å². The summed E-state index contributed by atoms with van der Waals surface area (Å²) in [6, 6.07) is 2.28. The molecule has 0 amide bonds. The van der Waals surface area contributed by atoms with Crippen molar-refractivity contribution in [2.24, 2.45) is 11.7 Å². The van der Waals surface area contributed by atoms with Crippen molar-refractivity contribution in [2.75, 3.05) is 5.32 Å². The second kappa shape index (κ2) is 4.10. The van der Waals surface area contributed by atoms with Gasteiger partial charge in [-0.2, -0.15) is 5.10 Å². The minimum absolute atomic E-state index is 0.361. The summed E-state index contributed by atoms with van der Waals surface area (Å²) in [4.78, 5) is 0.361. The molecule has 0 spiro atoms. The molecule has 1 aliphatic carbocycles. The summed E-state index contributed by atoms with van der Waals surface area (Å²) >= 11 is 4.95. The fraction of sp³-hybridized carbons (Fsp3) is 0.500. The van der Waals surface area contributed by atoms with Gasteiger partial charge in [0.25, 0.3) is 0 Å². The molecule has 3 N–H and O–H groups in total. The highest BCUT2D eigenvalue weighted by Crippen LogP contribution is 2.29. The van der Waals surface area contributed by atoms with Crippen LogP contribution in [0.4, 0.5) is 5.82 Å². The monoisotopic (exact) mass is 222 g/mol. The fourth-order valence-electron chi connectivity index (χ4n) is 1.85. The zero-order chi connectivity index (χ0) is 10.8. The summed E-state index contributed by atoms with van der Waals surface area (Å²) in [7, 11) is 0. The van der Waals surface area contributed by atoms with Gasteiger partial charge in [0.15, 0.2) is 5.82 Å². The highest BCUT2D eigenvalue weighted by Gasteiger charge is 2.26. The van der Waals surface area contributed by atoms with Crippen LogP contribution >= 0.6 is 12.2 Å². The van der Waals surface area contributed by atoms with Gasteiger partial charge in [-0.3, -0.25) is 0 Å². The molecule has 1 aliphatic rings. The molecule has 5 heteroatoms. The van der Waals surface area contributed by atoms with Gasteiger partial charge in [0.2, 0.25) is 0 Å². The maximum atomic E-state index is 5.60. The molecule has 1 saturated carbocycles. The van der Waals surface area contributed by atoms with Crippen molar-refractivity contribution in [3.8, 4) is 0 Å². The third-order valence-corrected chi connectivity index (χ3v) is 2.92. The van der Waals surface area contributed by atoms with Crippen LogP contribution in [0, 0.1) is 5.92 Å². The fourth-order valence-corrected chi connectivity index (χ4v) is 2.02. The molecule has 80 valence electrons. The van der Waals surface area contributed by atoms with Crippen LogP contribution in [0.1, 0.15) is 25.3 Å². The number of hydrogen-bond donors (Lipinski definition) is 2. The Morgan fingerprint density at radius 3 is 2.93 bits per heavy atom. The molecule has 1 aromatic heterocycles. The zero-order valence-electron chi connectivity index (χ0n) is 8.60. The molecular formula is C10H14N4S. The normalized spacial score (nSPS) is 24.3. The lowest BCUT2D eigenvalue weighted by Gasteiger charge is -2.33. The number of thiocarbonyl (C=S) groups is 1. The number of hydrogen-bond acceptors (Lipinski definition) is 4. The molecule has 0 aromatic carbocycles. The van der Waals surface area contributed by atoms with Gasteiger partial charge in [0.1, 0.15) is 4.99 Å².